The molecule has 0 aromatic carbocycles. The summed E-state index contributed by atoms with van der Waals surface area (Å²) in [5.74, 6) is 0. The Labute approximate surface area is 94.0 Å². The van der Waals surface area contributed by atoms with Crippen molar-refractivity contribution in [1.29, 1.82) is 0 Å². The van der Waals surface area contributed by atoms with Crippen molar-refractivity contribution in [3.63, 3.8) is 0 Å². The van der Waals surface area contributed by atoms with E-state index in [0.29, 0.717) is 10.9 Å². The molecule has 1 heterocycles. The third-order valence-corrected chi connectivity index (χ3v) is 2.30. The number of hydrogen-bond acceptors (Lipinski definition) is 2. The van der Waals surface area contributed by atoms with Crippen LogP contribution in [0.25, 0.3) is 0 Å². The molecule has 0 aliphatic carbocycles. The van der Waals surface area contributed by atoms with E-state index < -0.39 is 34.9 Å². The molecule has 0 amide bonds. The van der Waals surface area contributed by atoms with Gasteiger partial charge in [0, 0.05) is 0 Å². The first-order chi connectivity index (χ1) is 7.23. The molecule has 0 N–H and O–H groups in total. The van der Waals surface area contributed by atoms with E-state index in [0.717, 1.165) is 0 Å². The van der Waals surface area contributed by atoms with E-state index in [4.69, 9.17) is 0 Å². The van der Waals surface area contributed by atoms with Crippen molar-refractivity contribution in [1.82, 2.24) is 9.55 Å². The van der Waals surface area contributed by atoms with Gasteiger partial charge in [0.2, 0.25) is 0 Å². The molecule has 0 aliphatic rings. The molecule has 0 saturated heterocycles. The molecule has 1 rings (SSSR count). The van der Waals surface area contributed by atoms with E-state index in [-0.39, 0.29) is 0 Å². The van der Waals surface area contributed by atoms with Crippen molar-refractivity contribution >= 4 is 15.9 Å². The molecule has 0 unspecified atom stereocenters. The minimum atomic E-state index is -4.80. The zero-order valence-electron chi connectivity index (χ0n) is 7.43. The van der Waals surface area contributed by atoms with Gasteiger partial charge in [-0.1, -0.05) is 0 Å². The van der Waals surface area contributed by atoms with Gasteiger partial charge in [0.05, 0.1) is 12.9 Å². The lowest BCUT2D eigenvalue weighted by molar-refractivity contribution is -0.142. The van der Waals surface area contributed by atoms with E-state index >= 15 is 0 Å². The first-order valence-electron chi connectivity index (χ1n) is 3.83. The Bertz CT molecular complexity index is 441. The highest BCUT2D eigenvalue weighted by Crippen LogP contribution is 2.30. The van der Waals surface area contributed by atoms with E-state index in [9.17, 15) is 26.7 Å². The van der Waals surface area contributed by atoms with Gasteiger partial charge in [0.25, 0.3) is 12.0 Å². The first-order valence-corrected chi connectivity index (χ1v) is 4.63. The Hall–Kier alpha value is -0.990. The van der Waals surface area contributed by atoms with Crippen LogP contribution in [0.5, 0.6) is 0 Å². The second-order valence-corrected chi connectivity index (χ2v) is 3.55. The fourth-order valence-electron chi connectivity index (χ4n) is 0.940. The van der Waals surface area contributed by atoms with Crippen LogP contribution in [0, 0.1) is 0 Å². The minimum absolute atomic E-state index is 0.407. The summed E-state index contributed by atoms with van der Waals surface area (Å²) < 4.78 is 60.1. The van der Waals surface area contributed by atoms with Crippen LogP contribution in [0.1, 0.15) is 5.69 Å². The summed E-state index contributed by atoms with van der Waals surface area (Å²) in [4.78, 5) is 14.1. The third kappa shape index (κ3) is 2.77. The molecule has 0 radical (unpaired) electrons. The van der Waals surface area contributed by atoms with E-state index in [1.807, 2.05) is 0 Å². The highest BCUT2D eigenvalue weighted by Gasteiger charge is 2.36. The topological polar surface area (TPSA) is 34.9 Å². The summed E-state index contributed by atoms with van der Waals surface area (Å²) >= 11 is 2.40. The molecule has 1 aromatic rings. The summed E-state index contributed by atoms with van der Waals surface area (Å²) in [7, 11) is 0. The molecule has 0 atom stereocenters. The highest BCUT2D eigenvalue weighted by atomic mass is 79.9. The predicted octanol–water partition coefficient (Wildman–Crippen LogP) is 2.29. The average molecular weight is 307 g/mol. The van der Waals surface area contributed by atoms with Crippen LogP contribution in [0.3, 0.4) is 0 Å². The number of nitrogens with zero attached hydrogens (tertiary/aromatic N) is 2. The normalized spacial score (nSPS) is 12.2. The van der Waals surface area contributed by atoms with Gasteiger partial charge in [-0.05, 0) is 15.9 Å². The smallest absolute Gasteiger partial charge is 0.292 e. The van der Waals surface area contributed by atoms with Crippen LogP contribution in [0.15, 0.2) is 15.6 Å². The van der Waals surface area contributed by atoms with E-state index in [2.05, 4.69) is 20.9 Å². The lowest BCUT2D eigenvalue weighted by Gasteiger charge is -2.10. The van der Waals surface area contributed by atoms with Crippen molar-refractivity contribution in [3.8, 4) is 0 Å². The maximum absolute atomic E-state index is 12.2. The van der Waals surface area contributed by atoms with Gasteiger partial charge in [-0.15, -0.1) is 0 Å². The van der Waals surface area contributed by atoms with Gasteiger partial charge in [-0.25, -0.2) is 13.8 Å². The zero-order chi connectivity index (χ0) is 12.5. The largest absolute Gasteiger partial charge is 0.434 e. The van der Waals surface area contributed by atoms with Crippen LogP contribution in [-0.2, 0) is 12.7 Å². The van der Waals surface area contributed by atoms with Crippen molar-refractivity contribution in [2.45, 2.75) is 19.1 Å². The highest BCUT2D eigenvalue weighted by molar-refractivity contribution is 9.10. The minimum Gasteiger partial charge on any atom is -0.292 e. The van der Waals surface area contributed by atoms with Gasteiger partial charge in [0.1, 0.15) is 4.47 Å². The molecule has 1 aromatic heterocycles. The molecule has 9 heteroatoms. The maximum atomic E-state index is 12.2. The zero-order valence-corrected chi connectivity index (χ0v) is 9.02. The molecular formula is C7H4BrF5N2O. The molecule has 0 aliphatic heterocycles. The van der Waals surface area contributed by atoms with Crippen LogP contribution >= 0.6 is 15.9 Å². The fraction of sp³-hybridized carbons (Fsp3) is 0.429. The van der Waals surface area contributed by atoms with Crippen LogP contribution in [0.4, 0.5) is 22.0 Å². The van der Waals surface area contributed by atoms with Gasteiger partial charge in [0.15, 0.2) is 5.69 Å². The maximum Gasteiger partial charge on any atom is 0.434 e. The number of aromatic nitrogens is 2. The van der Waals surface area contributed by atoms with Gasteiger partial charge in [-0.2, -0.15) is 13.2 Å². The van der Waals surface area contributed by atoms with E-state index in [1.54, 1.807) is 0 Å². The number of rotatable bonds is 2. The Balaban J connectivity index is 3.24. The average Bonchev–Trinajstić information content (AvgIpc) is 2.10. The third-order valence-electron chi connectivity index (χ3n) is 1.59. The Kier molecular flexibility index (Phi) is 3.66. The van der Waals surface area contributed by atoms with Gasteiger partial charge >= 0.3 is 6.18 Å². The summed E-state index contributed by atoms with van der Waals surface area (Å²) in [6.07, 6.45) is -7.20. The van der Waals surface area contributed by atoms with E-state index in [1.165, 1.54) is 0 Å². The summed E-state index contributed by atoms with van der Waals surface area (Å²) in [5, 5.41) is 0. The molecule has 0 saturated carbocycles. The molecule has 90 valence electrons. The van der Waals surface area contributed by atoms with Crippen molar-refractivity contribution < 1.29 is 22.0 Å². The number of halogens is 6. The monoisotopic (exact) mass is 306 g/mol. The number of hydrogen-bond donors (Lipinski definition) is 0. The van der Waals surface area contributed by atoms with Crippen LogP contribution in [0.2, 0.25) is 0 Å². The standard InChI is InChI=1S/C7H4BrF5N2O/c8-4-5(7(11,12)13)14-2-15(6(4)16)1-3(9)10/h2-3H,1H2. The molecule has 0 spiro atoms. The summed E-state index contributed by atoms with van der Waals surface area (Å²) in [5.41, 5.74) is -2.62. The molecule has 3 nitrogen and oxygen atoms in total. The SMILES string of the molecule is O=c1c(Br)c(C(F)(F)F)ncn1CC(F)F. The molecular weight excluding hydrogens is 303 g/mol. The van der Waals surface area contributed by atoms with Crippen LogP contribution < -0.4 is 5.56 Å². The Morgan fingerprint density at radius 2 is 2.00 bits per heavy atom. The van der Waals surface area contributed by atoms with Gasteiger partial charge < -0.3 is 0 Å². The lowest BCUT2D eigenvalue weighted by Crippen LogP contribution is -2.27. The summed E-state index contributed by atoms with van der Waals surface area (Å²) in [6.45, 7) is -0.997. The molecule has 0 bridgehead atoms. The van der Waals surface area contributed by atoms with Crippen molar-refractivity contribution in [3.05, 3.63) is 26.8 Å². The Morgan fingerprint density at radius 3 is 2.44 bits per heavy atom. The number of alkyl halides is 5. The lowest BCUT2D eigenvalue weighted by atomic mass is 10.4. The Morgan fingerprint density at radius 1 is 1.44 bits per heavy atom. The van der Waals surface area contributed by atoms with Crippen LogP contribution in [-0.4, -0.2) is 16.0 Å². The summed E-state index contributed by atoms with van der Waals surface area (Å²) in [6, 6.07) is 0. The predicted molar refractivity (Wildman–Crippen MR) is 47.2 cm³/mol. The molecule has 0 fully saturated rings. The second kappa shape index (κ2) is 4.48. The van der Waals surface area contributed by atoms with Gasteiger partial charge in [-0.3, -0.25) is 9.36 Å². The fourth-order valence-corrected chi connectivity index (χ4v) is 1.50. The quantitative estimate of drug-likeness (QED) is 0.786. The first kappa shape index (κ1) is 13.1. The van der Waals surface area contributed by atoms with Crippen molar-refractivity contribution in [2.75, 3.05) is 0 Å². The van der Waals surface area contributed by atoms with Crippen molar-refractivity contribution in [2.24, 2.45) is 0 Å². The second-order valence-electron chi connectivity index (χ2n) is 2.75. The molecule has 16 heavy (non-hydrogen) atoms.